The van der Waals surface area contributed by atoms with Crippen LogP contribution in [-0.4, -0.2) is 34.7 Å². The van der Waals surface area contributed by atoms with Crippen molar-refractivity contribution in [1.29, 1.82) is 0 Å². The van der Waals surface area contributed by atoms with Crippen LogP contribution in [0.25, 0.3) is 0 Å². The van der Waals surface area contributed by atoms with Crippen LogP contribution in [0.5, 0.6) is 0 Å². The molecule has 0 saturated heterocycles. The number of imidazole rings is 1. The summed E-state index contributed by atoms with van der Waals surface area (Å²) in [5.41, 5.74) is 0.129. The molecule has 18 heavy (non-hydrogen) atoms. The first-order valence-electron chi connectivity index (χ1n) is 4.75. The molecule has 0 spiro atoms. The standard InChI is InChI=1S/C9H10F3N3O3/c1-18-8(17)7(16)14-3-6-2-13-5-15(6)4-9(10,11)12/h2,5H,3-4H2,1H3,(H,14,16). The van der Waals surface area contributed by atoms with Gasteiger partial charge >= 0.3 is 18.1 Å². The van der Waals surface area contributed by atoms with Crippen molar-refractivity contribution in [2.45, 2.75) is 19.3 Å². The Kier molecular flexibility index (Phi) is 4.29. The minimum Gasteiger partial charge on any atom is -0.462 e. The van der Waals surface area contributed by atoms with E-state index >= 15 is 0 Å². The van der Waals surface area contributed by atoms with Gasteiger partial charge in [-0.3, -0.25) is 4.79 Å². The third kappa shape index (κ3) is 4.07. The van der Waals surface area contributed by atoms with Crippen molar-refractivity contribution in [3.05, 3.63) is 18.2 Å². The number of aromatic nitrogens is 2. The summed E-state index contributed by atoms with van der Waals surface area (Å²) >= 11 is 0. The van der Waals surface area contributed by atoms with Gasteiger partial charge in [0.25, 0.3) is 0 Å². The molecule has 1 N–H and O–H groups in total. The molecule has 1 amide bonds. The van der Waals surface area contributed by atoms with Crippen molar-refractivity contribution in [3.8, 4) is 0 Å². The smallest absolute Gasteiger partial charge is 0.406 e. The fourth-order valence-electron chi connectivity index (χ4n) is 1.17. The molecule has 1 aromatic heterocycles. The number of amides is 1. The average molecular weight is 265 g/mol. The number of hydrogen-bond acceptors (Lipinski definition) is 4. The SMILES string of the molecule is COC(=O)C(=O)NCc1cncn1CC(F)(F)F. The van der Waals surface area contributed by atoms with Crippen molar-refractivity contribution < 1.29 is 27.5 Å². The van der Waals surface area contributed by atoms with Gasteiger partial charge in [-0.1, -0.05) is 0 Å². The zero-order chi connectivity index (χ0) is 13.8. The van der Waals surface area contributed by atoms with Crippen molar-refractivity contribution in [3.63, 3.8) is 0 Å². The molecule has 1 heterocycles. The summed E-state index contributed by atoms with van der Waals surface area (Å²) in [7, 11) is 1.02. The number of hydrogen-bond donors (Lipinski definition) is 1. The Morgan fingerprint density at radius 3 is 2.72 bits per heavy atom. The van der Waals surface area contributed by atoms with E-state index in [4.69, 9.17) is 0 Å². The normalized spacial score (nSPS) is 11.1. The number of carbonyl (C=O) groups is 2. The summed E-state index contributed by atoms with van der Waals surface area (Å²) in [4.78, 5) is 25.3. The van der Waals surface area contributed by atoms with E-state index in [1.165, 1.54) is 6.20 Å². The van der Waals surface area contributed by atoms with Crippen molar-refractivity contribution in [2.75, 3.05) is 7.11 Å². The fourth-order valence-corrected chi connectivity index (χ4v) is 1.17. The lowest BCUT2D eigenvalue weighted by molar-refractivity contribution is -0.152. The Balaban J connectivity index is 2.61. The molecule has 0 aromatic carbocycles. The number of methoxy groups -OCH3 is 1. The highest BCUT2D eigenvalue weighted by Gasteiger charge is 2.28. The summed E-state index contributed by atoms with van der Waals surface area (Å²) in [5, 5.41) is 2.12. The molecular formula is C9H10F3N3O3. The van der Waals surface area contributed by atoms with Gasteiger partial charge in [-0.05, 0) is 0 Å². The summed E-state index contributed by atoms with van der Waals surface area (Å²) in [6.45, 7) is -1.46. The molecule has 0 atom stereocenters. The molecule has 1 rings (SSSR count). The minimum absolute atomic E-state index is 0.129. The lowest BCUT2D eigenvalue weighted by Crippen LogP contribution is -2.32. The average Bonchev–Trinajstić information content (AvgIpc) is 2.69. The highest BCUT2D eigenvalue weighted by molar-refractivity contribution is 6.32. The molecule has 0 aliphatic rings. The summed E-state index contributed by atoms with van der Waals surface area (Å²) in [6, 6.07) is 0. The summed E-state index contributed by atoms with van der Waals surface area (Å²) < 4.78 is 41.5. The molecule has 0 aliphatic heterocycles. The highest BCUT2D eigenvalue weighted by atomic mass is 19.4. The lowest BCUT2D eigenvalue weighted by atomic mass is 10.4. The van der Waals surface area contributed by atoms with Crippen LogP contribution in [0.1, 0.15) is 5.69 Å². The Morgan fingerprint density at radius 2 is 2.17 bits per heavy atom. The number of ether oxygens (including phenoxy) is 1. The van der Waals surface area contributed by atoms with E-state index in [2.05, 4.69) is 15.0 Å². The molecule has 0 bridgehead atoms. The van der Waals surface area contributed by atoms with Gasteiger partial charge in [-0.15, -0.1) is 0 Å². The predicted octanol–water partition coefficient (Wildman–Crippen LogP) is 0.235. The molecule has 0 radical (unpaired) electrons. The predicted molar refractivity (Wildman–Crippen MR) is 52.1 cm³/mol. The number of halogens is 3. The summed E-state index contributed by atoms with van der Waals surface area (Å²) in [5.74, 6) is -2.14. The van der Waals surface area contributed by atoms with Crippen LogP contribution in [0.4, 0.5) is 13.2 Å². The number of nitrogens with zero attached hydrogens (tertiary/aromatic N) is 2. The molecule has 0 fully saturated rings. The van der Waals surface area contributed by atoms with E-state index in [-0.39, 0.29) is 12.2 Å². The maximum absolute atomic E-state index is 12.2. The van der Waals surface area contributed by atoms with E-state index in [9.17, 15) is 22.8 Å². The van der Waals surface area contributed by atoms with Crippen LogP contribution in [0, 0.1) is 0 Å². The second kappa shape index (κ2) is 5.52. The van der Waals surface area contributed by atoms with Gasteiger partial charge in [0.15, 0.2) is 0 Å². The van der Waals surface area contributed by atoms with Crippen LogP contribution in [0.15, 0.2) is 12.5 Å². The van der Waals surface area contributed by atoms with Gasteiger partial charge in [0, 0.05) is 6.20 Å². The number of esters is 1. The molecule has 100 valence electrons. The lowest BCUT2D eigenvalue weighted by Gasteiger charge is -2.11. The molecule has 1 aromatic rings. The number of alkyl halides is 3. The molecular weight excluding hydrogens is 255 g/mol. The number of nitrogens with one attached hydrogen (secondary N) is 1. The Hall–Kier alpha value is -2.06. The molecule has 9 heteroatoms. The van der Waals surface area contributed by atoms with E-state index in [1.54, 1.807) is 0 Å². The molecule has 6 nitrogen and oxygen atoms in total. The van der Waals surface area contributed by atoms with Gasteiger partial charge in [0.05, 0.1) is 25.7 Å². The van der Waals surface area contributed by atoms with Crippen LogP contribution in [-0.2, 0) is 27.4 Å². The van der Waals surface area contributed by atoms with Gasteiger partial charge in [0.2, 0.25) is 0 Å². The van der Waals surface area contributed by atoms with E-state index in [0.717, 1.165) is 18.0 Å². The van der Waals surface area contributed by atoms with Crippen LogP contribution in [0.2, 0.25) is 0 Å². The second-order valence-corrected chi connectivity index (χ2v) is 3.30. The molecule has 0 aliphatic carbocycles. The van der Waals surface area contributed by atoms with Crippen molar-refractivity contribution in [1.82, 2.24) is 14.9 Å². The first kappa shape index (κ1) is 14.0. The zero-order valence-corrected chi connectivity index (χ0v) is 9.32. The topological polar surface area (TPSA) is 73.2 Å². The zero-order valence-electron chi connectivity index (χ0n) is 9.32. The minimum atomic E-state index is -4.39. The fraction of sp³-hybridized carbons (Fsp3) is 0.444. The Labute approximate surface area is 99.7 Å². The van der Waals surface area contributed by atoms with E-state index in [0.29, 0.717) is 0 Å². The second-order valence-electron chi connectivity index (χ2n) is 3.30. The largest absolute Gasteiger partial charge is 0.462 e. The number of rotatable bonds is 3. The third-order valence-corrected chi connectivity index (χ3v) is 1.95. The number of carbonyl (C=O) groups excluding carboxylic acids is 2. The van der Waals surface area contributed by atoms with Crippen LogP contribution < -0.4 is 5.32 Å². The first-order valence-corrected chi connectivity index (χ1v) is 4.75. The highest BCUT2D eigenvalue weighted by Crippen LogP contribution is 2.18. The van der Waals surface area contributed by atoms with Gasteiger partial charge in [-0.25, -0.2) is 9.78 Å². The third-order valence-electron chi connectivity index (χ3n) is 1.95. The van der Waals surface area contributed by atoms with Gasteiger partial charge in [-0.2, -0.15) is 13.2 Å². The van der Waals surface area contributed by atoms with E-state index < -0.39 is 24.6 Å². The van der Waals surface area contributed by atoms with Crippen LogP contribution in [0.3, 0.4) is 0 Å². The van der Waals surface area contributed by atoms with Gasteiger partial charge in [0.1, 0.15) is 6.54 Å². The van der Waals surface area contributed by atoms with E-state index in [1.807, 2.05) is 0 Å². The molecule has 0 unspecified atom stereocenters. The van der Waals surface area contributed by atoms with Crippen molar-refractivity contribution in [2.24, 2.45) is 0 Å². The Morgan fingerprint density at radius 1 is 1.50 bits per heavy atom. The van der Waals surface area contributed by atoms with Crippen molar-refractivity contribution >= 4 is 11.9 Å². The summed E-state index contributed by atoms with van der Waals surface area (Å²) in [6.07, 6.45) is -2.22. The quantitative estimate of drug-likeness (QED) is 0.627. The maximum Gasteiger partial charge on any atom is 0.406 e. The molecule has 0 saturated carbocycles. The monoisotopic (exact) mass is 265 g/mol. The van der Waals surface area contributed by atoms with Gasteiger partial charge < -0.3 is 14.6 Å². The maximum atomic E-state index is 12.2. The Bertz CT molecular complexity index is 442. The first-order chi connectivity index (χ1) is 8.33. The van der Waals surface area contributed by atoms with Crippen LogP contribution >= 0.6 is 0 Å².